The second kappa shape index (κ2) is 6.56. The van der Waals surface area contributed by atoms with Gasteiger partial charge in [0.2, 0.25) is 0 Å². The third-order valence-electron chi connectivity index (χ3n) is 1.63. The van der Waals surface area contributed by atoms with Crippen molar-refractivity contribution in [1.82, 2.24) is 4.72 Å². The van der Waals surface area contributed by atoms with E-state index in [0.717, 1.165) is 0 Å². The third kappa shape index (κ3) is 4.38. The first-order chi connectivity index (χ1) is 6.52. The normalized spacial score (nSPS) is 14.3. The number of hydrogen-bond donors (Lipinski definition) is 2. The van der Waals surface area contributed by atoms with Crippen molar-refractivity contribution in [3.8, 4) is 0 Å². The van der Waals surface area contributed by atoms with Crippen molar-refractivity contribution < 1.29 is 18.3 Å². The van der Waals surface area contributed by atoms with Crippen molar-refractivity contribution in [1.29, 1.82) is 0 Å². The number of carbonyl (C=O) groups is 1. The van der Waals surface area contributed by atoms with E-state index >= 15 is 0 Å². The molecular weight excluding hydrogens is 206 g/mol. The van der Waals surface area contributed by atoms with Gasteiger partial charge in [-0.3, -0.25) is 9.27 Å². The molecular formula is C8H15NO4S. The van der Waals surface area contributed by atoms with E-state index in [1.165, 1.54) is 0 Å². The largest absolute Gasteiger partial charge is 0.461 e. The zero-order valence-corrected chi connectivity index (χ0v) is 9.31. The summed E-state index contributed by atoms with van der Waals surface area (Å²) in [5, 5.41) is 0. The summed E-state index contributed by atoms with van der Waals surface area (Å²) in [6.45, 7) is 5.45. The molecule has 0 amide bonds. The van der Waals surface area contributed by atoms with Gasteiger partial charge in [-0.15, -0.1) is 0 Å². The molecule has 82 valence electrons. The van der Waals surface area contributed by atoms with Gasteiger partial charge in [-0.2, -0.15) is 0 Å². The van der Waals surface area contributed by atoms with Crippen LogP contribution in [0.4, 0.5) is 0 Å². The Bertz CT molecular complexity index is 262. The Kier molecular flexibility index (Phi) is 6.14. The molecule has 2 N–H and O–H groups in total. The summed E-state index contributed by atoms with van der Waals surface area (Å²) in [5.74, 6) is -0.603. The zero-order valence-electron chi connectivity index (χ0n) is 8.49. The van der Waals surface area contributed by atoms with Gasteiger partial charge in [0.05, 0.1) is 6.61 Å². The third-order valence-corrected chi connectivity index (χ3v) is 2.00. The van der Waals surface area contributed by atoms with Gasteiger partial charge < -0.3 is 4.74 Å². The van der Waals surface area contributed by atoms with Crippen LogP contribution in [-0.4, -0.2) is 21.3 Å². The summed E-state index contributed by atoms with van der Waals surface area (Å²) < 4.78 is 26.0. The highest BCUT2D eigenvalue weighted by atomic mass is 32.2. The van der Waals surface area contributed by atoms with E-state index in [4.69, 9.17) is 9.29 Å². The number of ether oxygens (including phenoxy) is 1. The highest BCUT2D eigenvalue weighted by Gasteiger charge is 2.14. The van der Waals surface area contributed by atoms with Crippen LogP contribution in [0, 0.1) is 0 Å². The molecule has 0 saturated heterocycles. The van der Waals surface area contributed by atoms with Crippen LogP contribution in [0.25, 0.3) is 0 Å². The highest BCUT2D eigenvalue weighted by Crippen LogP contribution is 2.07. The second-order valence-electron chi connectivity index (χ2n) is 2.58. The Labute approximate surface area is 85.9 Å². The van der Waals surface area contributed by atoms with E-state index in [1.807, 2.05) is 6.92 Å². The molecule has 0 spiro atoms. The average molecular weight is 221 g/mol. The molecule has 0 aliphatic carbocycles. The summed E-state index contributed by atoms with van der Waals surface area (Å²) in [6.07, 6.45) is 0.609. The molecule has 0 heterocycles. The fourth-order valence-corrected chi connectivity index (χ4v) is 1.20. The molecule has 1 unspecified atom stereocenters. The zero-order chi connectivity index (χ0) is 11.1. The lowest BCUT2D eigenvalue weighted by Gasteiger charge is -2.09. The van der Waals surface area contributed by atoms with Crippen molar-refractivity contribution in [2.45, 2.75) is 27.2 Å². The van der Waals surface area contributed by atoms with Gasteiger partial charge in [-0.1, -0.05) is 6.92 Å². The SMILES string of the molecule is CCOC(=O)C(NS(=O)O)=C(C)CC. The van der Waals surface area contributed by atoms with Crippen LogP contribution in [-0.2, 0) is 20.8 Å². The maximum absolute atomic E-state index is 11.3. The second-order valence-corrected chi connectivity index (χ2v) is 3.28. The Morgan fingerprint density at radius 2 is 2.07 bits per heavy atom. The lowest BCUT2D eigenvalue weighted by molar-refractivity contribution is -0.138. The lowest BCUT2D eigenvalue weighted by Crippen LogP contribution is -2.25. The van der Waals surface area contributed by atoms with E-state index in [1.54, 1.807) is 13.8 Å². The fraction of sp³-hybridized carbons (Fsp3) is 0.625. The molecule has 6 heteroatoms. The molecule has 0 aromatic carbocycles. The Morgan fingerprint density at radius 1 is 1.50 bits per heavy atom. The van der Waals surface area contributed by atoms with Crippen LogP contribution < -0.4 is 4.72 Å². The molecule has 0 aromatic heterocycles. The summed E-state index contributed by atoms with van der Waals surface area (Å²) in [7, 11) is 0. The predicted octanol–water partition coefficient (Wildman–Crippen LogP) is 0.960. The van der Waals surface area contributed by atoms with Gasteiger partial charge in [-0.25, -0.2) is 9.00 Å². The standard InChI is InChI=1S/C8H15NO4S/c1-4-6(3)7(9-14(11)12)8(10)13-5-2/h9H,4-5H2,1-3H3,(H,11,12). The monoisotopic (exact) mass is 221 g/mol. The maximum atomic E-state index is 11.3. The van der Waals surface area contributed by atoms with Gasteiger partial charge in [0, 0.05) is 0 Å². The van der Waals surface area contributed by atoms with Gasteiger partial charge in [0.1, 0.15) is 5.70 Å². The topological polar surface area (TPSA) is 75.6 Å². The number of allylic oxidation sites excluding steroid dienone is 1. The summed E-state index contributed by atoms with van der Waals surface area (Å²) >= 11 is -2.25. The number of hydrogen-bond acceptors (Lipinski definition) is 3. The van der Waals surface area contributed by atoms with Gasteiger partial charge >= 0.3 is 5.97 Å². The molecule has 14 heavy (non-hydrogen) atoms. The van der Waals surface area contributed by atoms with Crippen molar-refractivity contribution in [3.63, 3.8) is 0 Å². The highest BCUT2D eigenvalue weighted by molar-refractivity contribution is 7.77. The van der Waals surface area contributed by atoms with Crippen molar-refractivity contribution in [2.75, 3.05) is 6.61 Å². The first-order valence-corrected chi connectivity index (χ1v) is 5.37. The smallest absolute Gasteiger partial charge is 0.355 e. The van der Waals surface area contributed by atoms with E-state index in [0.29, 0.717) is 12.0 Å². The van der Waals surface area contributed by atoms with E-state index in [9.17, 15) is 9.00 Å². The number of rotatable bonds is 5. The molecule has 0 aliphatic rings. The summed E-state index contributed by atoms with van der Waals surface area (Å²) in [6, 6.07) is 0. The Morgan fingerprint density at radius 3 is 2.43 bits per heavy atom. The van der Waals surface area contributed by atoms with Gasteiger partial charge in [0.25, 0.3) is 11.3 Å². The molecule has 0 fully saturated rings. The van der Waals surface area contributed by atoms with Crippen LogP contribution in [0.1, 0.15) is 27.2 Å². The fourth-order valence-electron chi connectivity index (χ4n) is 0.770. The van der Waals surface area contributed by atoms with Crippen LogP contribution in [0.2, 0.25) is 0 Å². The quantitative estimate of drug-likeness (QED) is 0.412. The summed E-state index contributed by atoms with van der Waals surface area (Å²) in [5.41, 5.74) is 0.751. The van der Waals surface area contributed by atoms with Crippen LogP contribution in [0.3, 0.4) is 0 Å². The predicted molar refractivity (Wildman–Crippen MR) is 53.5 cm³/mol. The minimum absolute atomic E-state index is 0.0650. The van der Waals surface area contributed by atoms with Crippen LogP contribution in [0.5, 0.6) is 0 Å². The molecule has 1 atom stereocenters. The van der Waals surface area contributed by atoms with Crippen LogP contribution in [0.15, 0.2) is 11.3 Å². The number of nitrogens with one attached hydrogen (secondary N) is 1. The molecule has 0 aromatic rings. The molecule has 5 nitrogen and oxygen atoms in total. The number of carbonyl (C=O) groups excluding carboxylic acids is 1. The minimum atomic E-state index is -2.25. The van der Waals surface area contributed by atoms with Crippen molar-refractivity contribution >= 4 is 17.2 Å². The minimum Gasteiger partial charge on any atom is -0.461 e. The average Bonchev–Trinajstić information content (AvgIpc) is 2.13. The Balaban J connectivity index is 4.72. The molecule has 0 saturated carbocycles. The molecule has 0 bridgehead atoms. The molecule has 0 radical (unpaired) electrons. The number of esters is 1. The van der Waals surface area contributed by atoms with E-state index in [2.05, 4.69) is 4.72 Å². The van der Waals surface area contributed by atoms with Gasteiger partial charge in [0.15, 0.2) is 0 Å². The first-order valence-electron chi connectivity index (χ1n) is 4.27. The first kappa shape index (κ1) is 13.1. The van der Waals surface area contributed by atoms with Crippen LogP contribution >= 0.6 is 0 Å². The lowest BCUT2D eigenvalue weighted by atomic mass is 10.2. The van der Waals surface area contributed by atoms with Crippen molar-refractivity contribution in [3.05, 3.63) is 11.3 Å². The Hall–Kier alpha value is -0.880. The van der Waals surface area contributed by atoms with Gasteiger partial charge in [-0.05, 0) is 25.8 Å². The molecule has 0 rings (SSSR count). The molecule has 0 aliphatic heterocycles. The van der Waals surface area contributed by atoms with Crippen molar-refractivity contribution in [2.24, 2.45) is 0 Å². The summed E-state index contributed by atoms with van der Waals surface area (Å²) in [4.78, 5) is 11.3. The maximum Gasteiger partial charge on any atom is 0.355 e. The van der Waals surface area contributed by atoms with E-state index < -0.39 is 17.2 Å². The van der Waals surface area contributed by atoms with E-state index in [-0.39, 0.29) is 12.3 Å².